The first kappa shape index (κ1) is 17.2. The summed E-state index contributed by atoms with van der Waals surface area (Å²) < 4.78 is 0. The van der Waals surface area contributed by atoms with Gasteiger partial charge in [-0.1, -0.05) is 55.8 Å². The largest absolute Gasteiger partial charge is 0.333 e. The van der Waals surface area contributed by atoms with E-state index in [1.807, 2.05) is 6.07 Å². The molecule has 1 saturated carbocycles. The van der Waals surface area contributed by atoms with Gasteiger partial charge in [-0.3, -0.25) is 4.79 Å². The predicted octanol–water partition coefficient (Wildman–Crippen LogP) is 3.74. The van der Waals surface area contributed by atoms with Crippen LogP contribution < -0.4 is 0 Å². The van der Waals surface area contributed by atoms with Gasteiger partial charge < -0.3 is 9.80 Å². The molecular weight excluding hydrogens is 296 g/mol. The maximum atomic E-state index is 13.3. The summed E-state index contributed by atoms with van der Waals surface area (Å²) in [6.45, 7) is 11.4. The second kappa shape index (κ2) is 6.36. The van der Waals surface area contributed by atoms with Crippen LogP contribution in [0.4, 0.5) is 0 Å². The number of benzene rings is 1. The summed E-state index contributed by atoms with van der Waals surface area (Å²) in [4.78, 5) is 17.8. The van der Waals surface area contributed by atoms with Crippen LogP contribution in [0.15, 0.2) is 42.0 Å². The molecular formula is C21H30N2O. The number of hydrogen-bond donors (Lipinski definition) is 0. The third kappa shape index (κ3) is 3.14. The average Bonchev–Trinajstić information content (AvgIpc) is 3.07. The first-order valence-electron chi connectivity index (χ1n) is 9.01. The third-order valence-corrected chi connectivity index (χ3v) is 5.74. The maximum absolute atomic E-state index is 13.3. The summed E-state index contributed by atoms with van der Waals surface area (Å²) in [5.74, 6) is 0.845. The number of likely N-dealkylation sites (N-methyl/N-ethyl adjacent to an activating group) is 1. The molecule has 1 saturated heterocycles. The van der Waals surface area contributed by atoms with E-state index in [9.17, 15) is 4.79 Å². The van der Waals surface area contributed by atoms with E-state index in [4.69, 9.17) is 0 Å². The summed E-state index contributed by atoms with van der Waals surface area (Å²) >= 11 is 0. The summed E-state index contributed by atoms with van der Waals surface area (Å²) in [6.07, 6.45) is 2.29. The monoisotopic (exact) mass is 326 g/mol. The average molecular weight is 326 g/mol. The van der Waals surface area contributed by atoms with Crippen molar-refractivity contribution < 1.29 is 4.79 Å². The molecule has 2 fully saturated rings. The molecule has 0 spiro atoms. The van der Waals surface area contributed by atoms with Crippen LogP contribution in [0.25, 0.3) is 0 Å². The van der Waals surface area contributed by atoms with Gasteiger partial charge in [0, 0.05) is 19.6 Å². The molecule has 1 amide bonds. The number of allylic oxidation sites excluding steroid dienone is 2. The van der Waals surface area contributed by atoms with Crippen molar-refractivity contribution in [2.75, 3.05) is 26.7 Å². The van der Waals surface area contributed by atoms with Gasteiger partial charge in [0.25, 0.3) is 0 Å². The number of piperazine rings is 1. The minimum absolute atomic E-state index is 0.0823. The Hall–Kier alpha value is -1.61. The summed E-state index contributed by atoms with van der Waals surface area (Å²) in [5, 5.41) is 0. The number of nitrogens with zero attached hydrogens (tertiary/aromatic N) is 2. The van der Waals surface area contributed by atoms with Crippen molar-refractivity contribution in [3.8, 4) is 0 Å². The highest BCUT2D eigenvalue weighted by Crippen LogP contribution is 2.60. The highest BCUT2D eigenvalue weighted by Gasteiger charge is 2.61. The van der Waals surface area contributed by atoms with Crippen molar-refractivity contribution in [3.05, 3.63) is 47.5 Å². The van der Waals surface area contributed by atoms with Crippen LogP contribution in [-0.4, -0.2) is 42.4 Å². The summed E-state index contributed by atoms with van der Waals surface area (Å²) in [7, 11) is 2.14. The Labute approximate surface area is 146 Å². The zero-order valence-corrected chi connectivity index (χ0v) is 15.6. The van der Waals surface area contributed by atoms with E-state index in [0.29, 0.717) is 11.8 Å². The van der Waals surface area contributed by atoms with Crippen molar-refractivity contribution in [2.24, 2.45) is 17.3 Å². The van der Waals surface area contributed by atoms with Gasteiger partial charge in [0.2, 0.25) is 5.91 Å². The number of hydrogen-bond acceptors (Lipinski definition) is 2. The first-order chi connectivity index (χ1) is 11.3. The standard InChI is InChI=1S/C21H30N2O/c1-15(2)13-17-19(21(17,3)4)20(24)23-12-11-22(5)14-18(23)16-9-7-6-8-10-16/h6-10,13,17-19H,11-12,14H2,1-5H3. The lowest BCUT2D eigenvalue weighted by molar-refractivity contribution is -0.138. The van der Waals surface area contributed by atoms with Crippen LogP contribution in [0.2, 0.25) is 0 Å². The number of rotatable bonds is 3. The molecule has 0 radical (unpaired) electrons. The highest BCUT2D eigenvalue weighted by atomic mass is 16.2. The molecule has 1 aromatic carbocycles. The molecule has 3 heteroatoms. The number of amides is 1. The zero-order chi connectivity index (χ0) is 17.5. The molecule has 1 aliphatic carbocycles. The molecule has 3 atom stereocenters. The second-order valence-corrected chi connectivity index (χ2v) is 8.29. The smallest absolute Gasteiger partial charge is 0.227 e. The van der Waals surface area contributed by atoms with Gasteiger partial charge in [-0.2, -0.15) is 0 Å². The van der Waals surface area contributed by atoms with Crippen molar-refractivity contribution in [1.82, 2.24) is 9.80 Å². The minimum atomic E-state index is 0.0823. The Bertz CT molecular complexity index is 630. The molecule has 0 bridgehead atoms. The minimum Gasteiger partial charge on any atom is -0.333 e. The van der Waals surface area contributed by atoms with Crippen LogP contribution in [0.3, 0.4) is 0 Å². The van der Waals surface area contributed by atoms with Gasteiger partial charge in [-0.15, -0.1) is 0 Å². The van der Waals surface area contributed by atoms with E-state index in [1.165, 1.54) is 11.1 Å². The zero-order valence-electron chi connectivity index (χ0n) is 15.6. The molecule has 24 heavy (non-hydrogen) atoms. The fourth-order valence-corrected chi connectivity index (χ4v) is 4.14. The quantitative estimate of drug-likeness (QED) is 0.790. The van der Waals surface area contributed by atoms with Crippen molar-refractivity contribution >= 4 is 5.91 Å². The van der Waals surface area contributed by atoms with E-state index in [0.717, 1.165) is 19.6 Å². The van der Waals surface area contributed by atoms with E-state index < -0.39 is 0 Å². The number of carbonyl (C=O) groups is 1. The SMILES string of the molecule is CC(C)=CC1C(C(=O)N2CCN(C)CC2c2ccccc2)C1(C)C. The molecule has 1 aliphatic heterocycles. The van der Waals surface area contributed by atoms with Crippen LogP contribution in [0.5, 0.6) is 0 Å². The van der Waals surface area contributed by atoms with Gasteiger partial charge in [0.15, 0.2) is 0 Å². The van der Waals surface area contributed by atoms with E-state index >= 15 is 0 Å². The van der Waals surface area contributed by atoms with Crippen LogP contribution in [-0.2, 0) is 4.79 Å². The Kier molecular flexibility index (Phi) is 4.56. The molecule has 130 valence electrons. The lowest BCUT2D eigenvalue weighted by Crippen LogP contribution is -2.50. The molecule has 1 aromatic rings. The fourth-order valence-electron chi connectivity index (χ4n) is 4.14. The van der Waals surface area contributed by atoms with Gasteiger partial charge >= 0.3 is 0 Å². The van der Waals surface area contributed by atoms with E-state index in [2.05, 4.69) is 74.9 Å². The van der Waals surface area contributed by atoms with Crippen LogP contribution in [0.1, 0.15) is 39.3 Å². The lowest BCUT2D eigenvalue weighted by Gasteiger charge is -2.40. The predicted molar refractivity (Wildman–Crippen MR) is 98.6 cm³/mol. The highest BCUT2D eigenvalue weighted by molar-refractivity contribution is 5.84. The molecule has 3 unspecified atom stereocenters. The van der Waals surface area contributed by atoms with Crippen molar-refractivity contribution in [2.45, 2.75) is 33.7 Å². The van der Waals surface area contributed by atoms with Crippen LogP contribution >= 0.6 is 0 Å². The van der Waals surface area contributed by atoms with Crippen LogP contribution in [0, 0.1) is 17.3 Å². The summed E-state index contributed by atoms with van der Waals surface area (Å²) in [6, 6.07) is 10.6. The Morgan fingerprint density at radius 2 is 1.83 bits per heavy atom. The number of carbonyl (C=O) groups excluding carboxylic acids is 1. The van der Waals surface area contributed by atoms with E-state index in [-0.39, 0.29) is 17.4 Å². The lowest BCUT2D eigenvalue weighted by atomic mass is 10.0. The first-order valence-corrected chi connectivity index (χ1v) is 9.01. The molecule has 1 heterocycles. The van der Waals surface area contributed by atoms with Gasteiger partial charge in [-0.05, 0) is 37.8 Å². The molecule has 3 nitrogen and oxygen atoms in total. The Morgan fingerprint density at radius 3 is 2.46 bits per heavy atom. The Morgan fingerprint density at radius 1 is 1.17 bits per heavy atom. The van der Waals surface area contributed by atoms with E-state index in [1.54, 1.807) is 0 Å². The van der Waals surface area contributed by atoms with Crippen molar-refractivity contribution in [3.63, 3.8) is 0 Å². The maximum Gasteiger partial charge on any atom is 0.227 e. The van der Waals surface area contributed by atoms with Gasteiger partial charge in [-0.25, -0.2) is 0 Å². The van der Waals surface area contributed by atoms with Gasteiger partial charge in [0.05, 0.1) is 12.0 Å². The molecule has 0 N–H and O–H groups in total. The van der Waals surface area contributed by atoms with Crippen molar-refractivity contribution in [1.29, 1.82) is 0 Å². The summed E-state index contributed by atoms with van der Waals surface area (Å²) in [5.41, 5.74) is 2.63. The molecule has 0 aromatic heterocycles. The topological polar surface area (TPSA) is 23.6 Å². The molecule has 2 aliphatic rings. The second-order valence-electron chi connectivity index (χ2n) is 8.29. The van der Waals surface area contributed by atoms with Gasteiger partial charge in [0.1, 0.15) is 0 Å². The fraction of sp³-hybridized carbons (Fsp3) is 0.571. The Balaban J connectivity index is 1.84. The normalized spacial score (nSPS) is 29.2. The molecule has 3 rings (SSSR count). The third-order valence-electron chi connectivity index (χ3n) is 5.74.